The van der Waals surface area contributed by atoms with E-state index in [1.807, 2.05) is 41.8 Å². The summed E-state index contributed by atoms with van der Waals surface area (Å²) in [5, 5.41) is 13.3. The maximum absolute atomic E-state index is 13.2. The van der Waals surface area contributed by atoms with Crippen LogP contribution in [0.4, 0.5) is 5.69 Å². The first-order chi connectivity index (χ1) is 14.0. The molecule has 1 amide bonds. The Morgan fingerprint density at radius 3 is 2.52 bits per heavy atom. The number of aryl methyl sites for hydroxylation is 1. The zero-order valence-corrected chi connectivity index (χ0v) is 17.1. The fraction of sp³-hybridized carbons (Fsp3) is 0.250. The summed E-state index contributed by atoms with van der Waals surface area (Å²) >= 11 is 1.56. The Kier molecular flexibility index (Phi) is 5.35. The Labute approximate surface area is 174 Å². The summed E-state index contributed by atoms with van der Waals surface area (Å²) in [6, 6.07) is 18.5. The number of aliphatic hydroxyl groups is 1. The number of para-hydroxylation sites is 1. The first kappa shape index (κ1) is 19.6. The molecular formula is C24H23NO3S. The van der Waals surface area contributed by atoms with Crippen molar-refractivity contribution in [3.05, 3.63) is 87.6 Å². The lowest BCUT2D eigenvalue weighted by Crippen LogP contribution is -2.41. The third kappa shape index (κ3) is 3.63. The largest absolute Gasteiger partial charge is 0.375 e. The van der Waals surface area contributed by atoms with Gasteiger partial charge >= 0.3 is 0 Å². The zero-order chi connectivity index (χ0) is 20.4. The fourth-order valence-electron chi connectivity index (χ4n) is 3.87. The molecule has 0 bridgehead atoms. The maximum Gasteiger partial charge on any atom is 0.264 e. The lowest BCUT2D eigenvalue weighted by atomic mass is 9.88. The van der Waals surface area contributed by atoms with Crippen molar-refractivity contribution in [2.75, 3.05) is 4.90 Å². The summed E-state index contributed by atoms with van der Waals surface area (Å²) in [5.74, 6) is -0.681. The molecule has 0 spiro atoms. The monoisotopic (exact) mass is 405 g/mol. The smallest absolute Gasteiger partial charge is 0.264 e. The van der Waals surface area contributed by atoms with E-state index in [-0.39, 0.29) is 12.2 Å². The molecule has 1 atom stereocenters. The average molecular weight is 406 g/mol. The number of ketones is 1. The molecule has 1 aliphatic heterocycles. The summed E-state index contributed by atoms with van der Waals surface area (Å²) in [5.41, 5.74) is 1.01. The van der Waals surface area contributed by atoms with Crippen LogP contribution in [-0.2, 0) is 23.4 Å². The van der Waals surface area contributed by atoms with Gasteiger partial charge in [-0.05, 0) is 29.5 Å². The molecule has 4 rings (SSSR count). The molecule has 0 saturated heterocycles. The van der Waals surface area contributed by atoms with E-state index in [1.165, 1.54) is 5.56 Å². The molecule has 1 N–H and O–H groups in total. The number of thiophene rings is 1. The van der Waals surface area contributed by atoms with Crippen molar-refractivity contribution in [1.29, 1.82) is 0 Å². The number of carbonyl (C=O) groups is 2. The van der Waals surface area contributed by atoms with Crippen molar-refractivity contribution >= 4 is 28.7 Å². The minimum absolute atomic E-state index is 0.239. The summed E-state index contributed by atoms with van der Waals surface area (Å²) in [7, 11) is 0. The van der Waals surface area contributed by atoms with Crippen LogP contribution < -0.4 is 4.90 Å². The number of Topliss-reactive ketones (excluding diaryl/α,β-unsaturated/α-hetero) is 1. The molecule has 148 valence electrons. The molecule has 5 heteroatoms. The quantitative estimate of drug-likeness (QED) is 0.579. The second kappa shape index (κ2) is 7.93. The minimum Gasteiger partial charge on any atom is -0.375 e. The Morgan fingerprint density at radius 1 is 1.07 bits per heavy atom. The van der Waals surface area contributed by atoms with E-state index in [2.05, 4.69) is 6.92 Å². The number of carbonyl (C=O) groups excluding carboxylic acids is 2. The van der Waals surface area contributed by atoms with E-state index in [0.29, 0.717) is 23.4 Å². The number of amides is 1. The maximum atomic E-state index is 13.2. The first-order valence-electron chi connectivity index (χ1n) is 9.81. The molecule has 0 radical (unpaired) electrons. The summed E-state index contributed by atoms with van der Waals surface area (Å²) in [4.78, 5) is 28.8. The number of benzene rings is 2. The van der Waals surface area contributed by atoms with E-state index in [4.69, 9.17) is 0 Å². The normalized spacial score (nSPS) is 18.1. The average Bonchev–Trinajstić information content (AvgIpc) is 3.31. The highest BCUT2D eigenvalue weighted by Crippen LogP contribution is 2.43. The zero-order valence-electron chi connectivity index (χ0n) is 16.3. The van der Waals surface area contributed by atoms with Crippen LogP contribution in [0.15, 0.2) is 66.0 Å². The number of hydrogen-bond donors (Lipinski definition) is 1. The minimum atomic E-state index is -1.84. The third-order valence-electron chi connectivity index (χ3n) is 5.36. The second-order valence-electron chi connectivity index (χ2n) is 7.39. The summed E-state index contributed by atoms with van der Waals surface area (Å²) in [6.07, 6.45) is 1.73. The van der Waals surface area contributed by atoms with E-state index < -0.39 is 11.5 Å². The van der Waals surface area contributed by atoms with Crippen LogP contribution in [-0.4, -0.2) is 16.8 Å². The van der Waals surface area contributed by atoms with Crippen LogP contribution in [0.3, 0.4) is 0 Å². The number of nitrogens with zero attached hydrogens (tertiary/aromatic N) is 1. The van der Waals surface area contributed by atoms with Crippen LogP contribution in [0.1, 0.15) is 46.1 Å². The summed E-state index contributed by atoms with van der Waals surface area (Å²) < 4.78 is 0. The van der Waals surface area contributed by atoms with Gasteiger partial charge in [-0.15, -0.1) is 11.3 Å². The molecule has 29 heavy (non-hydrogen) atoms. The number of rotatable bonds is 7. The van der Waals surface area contributed by atoms with Crippen molar-refractivity contribution in [2.45, 2.75) is 38.3 Å². The van der Waals surface area contributed by atoms with Crippen LogP contribution >= 0.6 is 11.3 Å². The highest BCUT2D eigenvalue weighted by molar-refractivity contribution is 7.09. The Balaban J connectivity index is 1.62. The van der Waals surface area contributed by atoms with Gasteiger partial charge in [0.05, 0.1) is 18.7 Å². The molecule has 0 aliphatic carbocycles. The van der Waals surface area contributed by atoms with Crippen LogP contribution in [0.5, 0.6) is 0 Å². The van der Waals surface area contributed by atoms with Gasteiger partial charge in [0.1, 0.15) is 0 Å². The Bertz CT molecular complexity index is 1030. The van der Waals surface area contributed by atoms with Crippen LogP contribution in [0, 0.1) is 0 Å². The molecule has 1 aromatic heterocycles. The molecule has 2 aromatic carbocycles. The lowest BCUT2D eigenvalue weighted by molar-refractivity contribution is -0.136. The SMILES string of the molecule is CCCc1ccc(C(=O)CC2(O)C(=O)N(Cc3cccs3)c3ccccc32)cc1. The van der Waals surface area contributed by atoms with Crippen molar-refractivity contribution in [3.8, 4) is 0 Å². The fourth-order valence-corrected chi connectivity index (χ4v) is 4.57. The Hall–Kier alpha value is -2.76. The molecule has 2 heterocycles. The predicted octanol–water partition coefficient (Wildman–Crippen LogP) is 4.71. The second-order valence-corrected chi connectivity index (χ2v) is 8.43. The van der Waals surface area contributed by atoms with Gasteiger partial charge in [0.2, 0.25) is 0 Å². The van der Waals surface area contributed by atoms with E-state index in [1.54, 1.807) is 40.5 Å². The molecule has 1 aliphatic rings. The van der Waals surface area contributed by atoms with Crippen molar-refractivity contribution in [2.24, 2.45) is 0 Å². The first-order valence-corrected chi connectivity index (χ1v) is 10.7. The number of fused-ring (bicyclic) bond motifs is 1. The Morgan fingerprint density at radius 2 is 1.83 bits per heavy atom. The van der Waals surface area contributed by atoms with Gasteiger partial charge < -0.3 is 10.0 Å². The summed E-state index contributed by atoms with van der Waals surface area (Å²) in [6.45, 7) is 2.50. The van der Waals surface area contributed by atoms with Crippen LogP contribution in [0.25, 0.3) is 0 Å². The highest BCUT2D eigenvalue weighted by atomic mass is 32.1. The van der Waals surface area contributed by atoms with Crippen LogP contribution in [0.2, 0.25) is 0 Å². The topological polar surface area (TPSA) is 57.6 Å². The number of hydrogen-bond acceptors (Lipinski definition) is 4. The van der Waals surface area contributed by atoms with Gasteiger partial charge in [0, 0.05) is 16.0 Å². The predicted molar refractivity (Wildman–Crippen MR) is 115 cm³/mol. The molecule has 0 fully saturated rings. The molecule has 1 unspecified atom stereocenters. The van der Waals surface area contributed by atoms with Gasteiger partial charge in [0.15, 0.2) is 11.4 Å². The molecule has 0 saturated carbocycles. The van der Waals surface area contributed by atoms with Crippen molar-refractivity contribution < 1.29 is 14.7 Å². The lowest BCUT2D eigenvalue weighted by Gasteiger charge is -2.22. The third-order valence-corrected chi connectivity index (χ3v) is 6.23. The van der Waals surface area contributed by atoms with E-state index >= 15 is 0 Å². The van der Waals surface area contributed by atoms with Crippen molar-refractivity contribution in [1.82, 2.24) is 0 Å². The van der Waals surface area contributed by atoms with Gasteiger partial charge in [-0.1, -0.05) is 61.9 Å². The van der Waals surface area contributed by atoms with E-state index in [0.717, 1.165) is 17.7 Å². The molecule has 3 aromatic rings. The highest BCUT2D eigenvalue weighted by Gasteiger charge is 2.50. The molecular weight excluding hydrogens is 382 g/mol. The van der Waals surface area contributed by atoms with E-state index in [9.17, 15) is 14.7 Å². The van der Waals surface area contributed by atoms with Crippen molar-refractivity contribution in [3.63, 3.8) is 0 Å². The van der Waals surface area contributed by atoms with Gasteiger partial charge in [0.25, 0.3) is 5.91 Å². The standard InChI is InChI=1S/C24H23NO3S/c1-2-6-17-10-12-18(13-11-17)22(26)15-24(28)20-8-3-4-9-21(20)25(23(24)27)16-19-7-5-14-29-19/h3-5,7-14,28H,2,6,15-16H2,1H3. The van der Waals surface area contributed by atoms with Gasteiger partial charge in [-0.2, -0.15) is 0 Å². The number of anilines is 1. The van der Waals surface area contributed by atoms with Gasteiger partial charge in [-0.3, -0.25) is 9.59 Å². The van der Waals surface area contributed by atoms with Gasteiger partial charge in [-0.25, -0.2) is 0 Å². The molecule has 4 nitrogen and oxygen atoms in total.